The van der Waals surface area contributed by atoms with Crippen LogP contribution in [-0.2, 0) is 0 Å². The third-order valence-electron chi connectivity index (χ3n) is 5.82. The Bertz CT molecular complexity index is 1550. The topological polar surface area (TPSA) is 109 Å². The van der Waals surface area contributed by atoms with Crippen LogP contribution >= 0.6 is 11.6 Å². The number of ketones is 1. The molecule has 4 rings (SSSR count). The number of amides is 1. The van der Waals surface area contributed by atoms with Crippen molar-refractivity contribution in [2.45, 2.75) is 0 Å². The monoisotopic (exact) mass is 551 g/mol. The molecule has 0 aliphatic rings. The Balaban J connectivity index is 1.56. The van der Waals surface area contributed by atoms with Gasteiger partial charge in [0, 0.05) is 35.5 Å². The summed E-state index contributed by atoms with van der Waals surface area (Å²) in [6.45, 7) is 0. The molecule has 1 heterocycles. The zero-order chi connectivity index (χ0) is 28.3. The van der Waals surface area contributed by atoms with Crippen molar-refractivity contribution < 1.29 is 33.0 Å². The average molecular weight is 552 g/mol. The first-order valence-corrected chi connectivity index (χ1v) is 11.7. The number of carboxylic acid groups (broad SMARTS) is 1. The molecule has 0 radical (unpaired) electrons. The Morgan fingerprint density at radius 3 is 2.15 bits per heavy atom. The molecule has 0 atom stereocenters. The number of carbonyl (C=O) groups is 3. The van der Waals surface area contributed by atoms with Gasteiger partial charge in [0.05, 0.1) is 30.2 Å². The van der Waals surface area contributed by atoms with Gasteiger partial charge >= 0.3 is 5.97 Å². The van der Waals surface area contributed by atoms with Crippen LogP contribution in [0.2, 0.25) is 5.02 Å². The summed E-state index contributed by atoms with van der Waals surface area (Å²) >= 11 is 5.93. The SMILES string of the molecule is COc1cc(F)c(C(=O)Nc2ccc(C(=O)c3ccc(N(C)c4ccc(Cl)cc4)cn3)cc2C(=O)O)c(F)c1. The van der Waals surface area contributed by atoms with E-state index in [4.69, 9.17) is 16.3 Å². The minimum absolute atomic E-state index is 0.0153. The number of anilines is 3. The lowest BCUT2D eigenvalue weighted by Crippen LogP contribution is -2.18. The van der Waals surface area contributed by atoms with E-state index in [-0.39, 0.29) is 22.7 Å². The second kappa shape index (κ2) is 11.3. The molecule has 0 bridgehead atoms. The van der Waals surface area contributed by atoms with Gasteiger partial charge in [-0.25, -0.2) is 13.6 Å². The smallest absolute Gasteiger partial charge is 0.337 e. The summed E-state index contributed by atoms with van der Waals surface area (Å²) in [5.74, 6) is -5.76. The number of ether oxygens (including phenoxy) is 1. The maximum Gasteiger partial charge on any atom is 0.337 e. The van der Waals surface area contributed by atoms with Crippen molar-refractivity contribution in [1.82, 2.24) is 4.98 Å². The highest BCUT2D eigenvalue weighted by Gasteiger charge is 2.23. The van der Waals surface area contributed by atoms with Crippen molar-refractivity contribution in [2.24, 2.45) is 0 Å². The van der Waals surface area contributed by atoms with Crippen LogP contribution < -0.4 is 15.0 Å². The molecule has 0 unspecified atom stereocenters. The normalized spacial score (nSPS) is 10.6. The fraction of sp³-hybridized carbons (Fsp3) is 0.0714. The number of methoxy groups -OCH3 is 1. The van der Waals surface area contributed by atoms with Gasteiger partial charge in [-0.3, -0.25) is 14.6 Å². The quantitative estimate of drug-likeness (QED) is 0.260. The molecule has 0 saturated heterocycles. The highest BCUT2D eigenvalue weighted by atomic mass is 35.5. The van der Waals surface area contributed by atoms with Crippen LogP contribution in [0.25, 0.3) is 0 Å². The molecule has 0 aliphatic heterocycles. The number of aromatic carboxylic acids is 1. The molecule has 39 heavy (non-hydrogen) atoms. The van der Waals surface area contributed by atoms with Gasteiger partial charge < -0.3 is 20.1 Å². The second-order valence-corrected chi connectivity index (χ2v) is 8.69. The molecular weight excluding hydrogens is 532 g/mol. The molecule has 0 spiro atoms. The minimum atomic E-state index is -1.47. The molecule has 2 N–H and O–H groups in total. The van der Waals surface area contributed by atoms with Crippen LogP contribution in [-0.4, -0.2) is 41.9 Å². The van der Waals surface area contributed by atoms with Gasteiger partial charge in [-0.2, -0.15) is 0 Å². The number of halogens is 3. The molecule has 1 amide bonds. The summed E-state index contributed by atoms with van der Waals surface area (Å²) in [6.07, 6.45) is 1.49. The molecule has 8 nitrogen and oxygen atoms in total. The van der Waals surface area contributed by atoms with Crippen LogP contribution in [0.15, 0.2) is 72.9 Å². The number of carbonyl (C=O) groups excluding carboxylic acids is 2. The average Bonchev–Trinajstić information content (AvgIpc) is 2.92. The Morgan fingerprint density at radius 1 is 0.949 bits per heavy atom. The van der Waals surface area contributed by atoms with Gasteiger partial charge in [-0.15, -0.1) is 0 Å². The first-order valence-electron chi connectivity index (χ1n) is 11.3. The zero-order valence-corrected chi connectivity index (χ0v) is 21.3. The second-order valence-electron chi connectivity index (χ2n) is 8.25. The summed E-state index contributed by atoms with van der Waals surface area (Å²) in [5.41, 5.74) is -0.0545. The number of benzene rings is 3. The Morgan fingerprint density at radius 2 is 1.59 bits per heavy atom. The largest absolute Gasteiger partial charge is 0.497 e. The Kier molecular flexibility index (Phi) is 7.87. The van der Waals surface area contributed by atoms with Gasteiger partial charge in [0.25, 0.3) is 5.91 Å². The van der Waals surface area contributed by atoms with Crippen LogP contribution in [0.1, 0.15) is 36.8 Å². The summed E-state index contributed by atoms with van der Waals surface area (Å²) in [6, 6.07) is 15.5. The van der Waals surface area contributed by atoms with Gasteiger partial charge in [-0.05, 0) is 54.6 Å². The lowest BCUT2D eigenvalue weighted by Gasteiger charge is -2.19. The van der Waals surface area contributed by atoms with E-state index in [9.17, 15) is 28.3 Å². The highest BCUT2D eigenvalue weighted by molar-refractivity contribution is 6.30. The molecule has 1 aromatic heterocycles. The predicted molar refractivity (Wildman–Crippen MR) is 141 cm³/mol. The van der Waals surface area contributed by atoms with Crippen molar-refractivity contribution in [3.05, 3.63) is 112 Å². The standard InChI is InChI=1S/C28H20ClF2N3O5/c1-34(17-6-4-16(29)5-7-17)18-8-10-24(32-14-18)26(35)15-3-9-23(20(11-15)28(37)38)33-27(36)25-21(30)12-19(39-2)13-22(25)31/h3-14H,1-2H3,(H,33,36)(H,37,38). The Labute approximate surface area is 226 Å². The molecular formula is C28H20ClF2N3O5. The van der Waals surface area contributed by atoms with E-state index in [2.05, 4.69) is 10.3 Å². The van der Waals surface area contributed by atoms with E-state index < -0.39 is 40.4 Å². The molecule has 198 valence electrons. The van der Waals surface area contributed by atoms with Crippen LogP contribution in [0.5, 0.6) is 5.75 Å². The number of carboxylic acids is 1. The molecule has 0 aliphatic carbocycles. The van der Waals surface area contributed by atoms with E-state index in [1.807, 2.05) is 24.1 Å². The van der Waals surface area contributed by atoms with E-state index in [0.717, 1.165) is 30.0 Å². The number of hydrogen-bond donors (Lipinski definition) is 2. The number of nitrogens with zero attached hydrogens (tertiary/aromatic N) is 2. The summed E-state index contributed by atoms with van der Waals surface area (Å²) in [4.78, 5) is 43.5. The Hall–Kier alpha value is -4.83. The van der Waals surface area contributed by atoms with Crippen molar-refractivity contribution in [3.63, 3.8) is 0 Å². The number of hydrogen-bond acceptors (Lipinski definition) is 6. The molecule has 0 fully saturated rings. The van der Waals surface area contributed by atoms with E-state index in [0.29, 0.717) is 10.7 Å². The summed E-state index contributed by atoms with van der Waals surface area (Å²) < 4.78 is 33.4. The fourth-order valence-corrected chi connectivity index (χ4v) is 3.85. The number of rotatable bonds is 8. The molecule has 4 aromatic rings. The van der Waals surface area contributed by atoms with Crippen molar-refractivity contribution in [2.75, 3.05) is 24.4 Å². The van der Waals surface area contributed by atoms with Crippen LogP contribution in [0.3, 0.4) is 0 Å². The third kappa shape index (κ3) is 5.86. The lowest BCUT2D eigenvalue weighted by atomic mass is 10.0. The molecule has 3 aromatic carbocycles. The summed E-state index contributed by atoms with van der Waals surface area (Å²) in [5, 5.41) is 12.5. The maximum atomic E-state index is 14.3. The zero-order valence-electron chi connectivity index (χ0n) is 20.5. The third-order valence-corrected chi connectivity index (χ3v) is 6.07. The van der Waals surface area contributed by atoms with Gasteiger partial charge in [-0.1, -0.05) is 11.6 Å². The fourth-order valence-electron chi connectivity index (χ4n) is 3.72. The van der Waals surface area contributed by atoms with E-state index >= 15 is 0 Å². The number of aromatic nitrogens is 1. The molecule has 0 saturated carbocycles. The van der Waals surface area contributed by atoms with Crippen molar-refractivity contribution >= 4 is 46.3 Å². The van der Waals surface area contributed by atoms with E-state index in [1.54, 1.807) is 18.2 Å². The van der Waals surface area contributed by atoms with E-state index in [1.165, 1.54) is 25.4 Å². The lowest BCUT2D eigenvalue weighted by molar-refractivity contribution is 0.0698. The summed E-state index contributed by atoms with van der Waals surface area (Å²) in [7, 11) is 3.03. The van der Waals surface area contributed by atoms with Gasteiger partial charge in [0.2, 0.25) is 5.78 Å². The predicted octanol–water partition coefficient (Wildman–Crippen LogP) is 5.97. The highest BCUT2D eigenvalue weighted by Crippen LogP contribution is 2.26. The first-order chi connectivity index (χ1) is 18.6. The van der Waals surface area contributed by atoms with Gasteiger partial charge in [0.1, 0.15) is 28.6 Å². The number of nitrogens with one attached hydrogen (secondary N) is 1. The van der Waals surface area contributed by atoms with Gasteiger partial charge in [0.15, 0.2) is 0 Å². The molecule has 11 heteroatoms. The maximum absolute atomic E-state index is 14.3. The number of pyridine rings is 1. The van der Waals surface area contributed by atoms with Crippen LogP contribution in [0.4, 0.5) is 25.8 Å². The van der Waals surface area contributed by atoms with Crippen molar-refractivity contribution in [3.8, 4) is 5.75 Å². The van der Waals surface area contributed by atoms with Crippen molar-refractivity contribution in [1.29, 1.82) is 0 Å². The van der Waals surface area contributed by atoms with Crippen LogP contribution in [0, 0.1) is 11.6 Å². The first kappa shape index (κ1) is 27.2. The minimum Gasteiger partial charge on any atom is -0.497 e.